The van der Waals surface area contributed by atoms with Crippen LogP contribution in [0.1, 0.15) is 64.7 Å². The van der Waals surface area contributed by atoms with E-state index >= 15 is 0 Å². The minimum Gasteiger partial charge on any atom is -0.481 e. The van der Waals surface area contributed by atoms with Crippen molar-refractivity contribution >= 4 is 11.9 Å². The second kappa shape index (κ2) is 11.5. The summed E-state index contributed by atoms with van der Waals surface area (Å²) in [6.45, 7) is 5.69. The molecule has 4 nitrogen and oxygen atoms in total. The molecule has 0 aliphatic heterocycles. The van der Waals surface area contributed by atoms with Crippen LogP contribution in [0, 0.1) is 11.8 Å². The van der Waals surface area contributed by atoms with Gasteiger partial charge in [0, 0.05) is 0 Å². The van der Waals surface area contributed by atoms with Crippen LogP contribution in [0.3, 0.4) is 0 Å². The molecule has 0 fully saturated rings. The average molecular weight is 284 g/mol. The Morgan fingerprint density at radius 3 is 2.25 bits per heavy atom. The third-order valence-electron chi connectivity index (χ3n) is 3.67. The largest absolute Gasteiger partial charge is 0.481 e. The van der Waals surface area contributed by atoms with Gasteiger partial charge in [0.2, 0.25) is 0 Å². The lowest BCUT2D eigenvalue weighted by atomic mass is 9.82. The number of hydrogen-bond donors (Lipinski definition) is 2. The Kier molecular flexibility index (Phi) is 10.7. The van der Waals surface area contributed by atoms with E-state index in [1.807, 2.05) is 13.0 Å². The molecular formula is C16H28O4. The maximum atomic E-state index is 11.3. The first-order valence-electron chi connectivity index (χ1n) is 7.58. The van der Waals surface area contributed by atoms with Gasteiger partial charge in [-0.1, -0.05) is 38.7 Å². The minimum absolute atomic E-state index is 0.0204. The van der Waals surface area contributed by atoms with Crippen LogP contribution in [-0.4, -0.2) is 22.2 Å². The fourth-order valence-corrected chi connectivity index (χ4v) is 2.61. The first-order valence-corrected chi connectivity index (χ1v) is 7.58. The number of carbonyl (C=O) groups is 2. The zero-order valence-electron chi connectivity index (χ0n) is 12.5. The molecule has 0 saturated carbocycles. The second-order valence-electron chi connectivity index (χ2n) is 5.37. The Labute approximate surface area is 121 Å². The summed E-state index contributed by atoms with van der Waals surface area (Å²) in [5.41, 5.74) is 0. The Hall–Kier alpha value is -1.32. The fourth-order valence-electron chi connectivity index (χ4n) is 2.61. The maximum Gasteiger partial charge on any atom is 0.307 e. The lowest BCUT2D eigenvalue weighted by Crippen LogP contribution is -2.26. The lowest BCUT2D eigenvalue weighted by Gasteiger charge is -2.22. The van der Waals surface area contributed by atoms with E-state index in [9.17, 15) is 14.7 Å². The van der Waals surface area contributed by atoms with Crippen LogP contribution in [-0.2, 0) is 9.59 Å². The number of aliphatic carboxylic acids is 2. The van der Waals surface area contributed by atoms with Crippen molar-refractivity contribution < 1.29 is 19.8 Å². The van der Waals surface area contributed by atoms with Crippen LogP contribution in [0.2, 0.25) is 0 Å². The van der Waals surface area contributed by atoms with Crippen molar-refractivity contribution in [1.29, 1.82) is 0 Å². The van der Waals surface area contributed by atoms with Gasteiger partial charge in [0.15, 0.2) is 0 Å². The molecule has 0 aromatic rings. The van der Waals surface area contributed by atoms with Crippen LogP contribution in [0.5, 0.6) is 0 Å². The number of unbranched alkanes of at least 4 members (excludes halogenated alkanes) is 4. The number of hydrogen-bond acceptors (Lipinski definition) is 2. The highest BCUT2D eigenvalue weighted by Crippen LogP contribution is 2.27. The summed E-state index contributed by atoms with van der Waals surface area (Å²) in [6, 6.07) is 0. The number of carboxylic acid groups (broad SMARTS) is 2. The molecule has 0 amide bonds. The molecule has 4 heteroatoms. The molecule has 20 heavy (non-hydrogen) atoms. The van der Waals surface area contributed by atoms with Gasteiger partial charge in [0.1, 0.15) is 0 Å². The van der Waals surface area contributed by atoms with Crippen molar-refractivity contribution in [3.63, 3.8) is 0 Å². The zero-order chi connectivity index (χ0) is 15.4. The summed E-state index contributed by atoms with van der Waals surface area (Å²) in [6.07, 6.45) is 9.46. The second-order valence-corrected chi connectivity index (χ2v) is 5.37. The van der Waals surface area contributed by atoms with E-state index in [0.717, 1.165) is 51.4 Å². The molecule has 0 bridgehead atoms. The third kappa shape index (κ3) is 8.73. The lowest BCUT2D eigenvalue weighted by molar-refractivity contribution is -0.150. The van der Waals surface area contributed by atoms with Gasteiger partial charge in [-0.3, -0.25) is 9.59 Å². The van der Waals surface area contributed by atoms with E-state index in [1.54, 1.807) is 0 Å². The monoisotopic (exact) mass is 284 g/mol. The SMILES string of the molecule is C=CCCCCCCC(CCC)C(CC(=O)O)C(=O)O. The zero-order valence-corrected chi connectivity index (χ0v) is 12.5. The van der Waals surface area contributed by atoms with E-state index in [2.05, 4.69) is 6.58 Å². The van der Waals surface area contributed by atoms with E-state index in [0.29, 0.717) is 0 Å². The number of allylic oxidation sites excluding steroid dienone is 1. The van der Waals surface area contributed by atoms with Gasteiger partial charge >= 0.3 is 11.9 Å². The molecule has 2 atom stereocenters. The summed E-state index contributed by atoms with van der Waals surface area (Å²) in [4.78, 5) is 22.0. The minimum atomic E-state index is -1.02. The van der Waals surface area contributed by atoms with Crippen molar-refractivity contribution in [2.75, 3.05) is 0 Å². The Morgan fingerprint density at radius 2 is 1.75 bits per heavy atom. The Balaban J connectivity index is 4.25. The van der Waals surface area contributed by atoms with Gasteiger partial charge in [-0.15, -0.1) is 6.58 Å². The predicted molar refractivity (Wildman–Crippen MR) is 79.7 cm³/mol. The fraction of sp³-hybridized carbons (Fsp3) is 0.750. The van der Waals surface area contributed by atoms with Gasteiger partial charge < -0.3 is 10.2 Å². The molecule has 0 saturated heterocycles. The maximum absolute atomic E-state index is 11.3. The molecule has 0 heterocycles. The van der Waals surface area contributed by atoms with Gasteiger partial charge in [-0.2, -0.15) is 0 Å². The average Bonchev–Trinajstić information content (AvgIpc) is 2.38. The Bertz CT molecular complexity index is 299. The van der Waals surface area contributed by atoms with Gasteiger partial charge in [0.25, 0.3) is 0 Å². The van der Waals surface area contributed by atoms with Crippen molar-refractivity contribution in [1.82, 2.24) is 0 Å². The Morgan fingerprint density at radius 1 is 1.10 bits per heavy atom. The van der Waals surface area contributed by atoms with E-state index in [-0.39, 0.29) is 12.3 Å². The quantitative estimate of drug-likeness (QED) is 0.394. The highest BCUT2D eigenvalue weighted by molar-refractivity contribution is 5.77. The highest BCUT2D eigenvalue weighted by atomic mass is 16.4. The van der Waals surface area contributed by atoms with Crippen LogP contribution >= 0.6 is 0 Å². The molecule has 0 aromatic carbocycles. The van der Waals surface area contributed by atoms with Crippen LogP contribution in [0.15, 0.2) is 12.7 Å². The molecule has 0 radical (unpaired) electrons. The van der Waals surface area contributed by atoms with Crippen molar-refractivity contribution in [2.45, 2.75) is 64.7 Å². The smallest absolute Gasteiger partial charge is 0.307 e. The summed E-state index contributed by atoms with van der Waals surface area (Å²) in [7, 11) is 0. The van der Waals surface area contributed by atoms with E-state index in [1.165, 1.54) is 0 Å². The molecule has 116 valence electrons. The molecule has 2 N–H and O–H groups in total. The van der Waals surface area contributed by atoms with Gasteiger partial charge in [-0.25, -0.2) is 0 Å². The standard InChI is InChI=1S/C16H28O4/c1-3-5-6-7-8-9-11-13(10-4-2)14(16(19)20)12-15(17)18/h3,13-14H,1,4-12H2,2H3,(H,17,18)(H,19,20). The van der Waals surface area contributed by atoms with Gasteiger partial charge in [0.05, 0.1) is 12.3 Å². The summed E-state index contributed by atoms with van der Waals surface area (Å²) < 4.78 is 0. The van der Waals surface area contributed by atoms with Crippen molar-refractivity contribution in [2.24, 2.45) is 11.8 Å². The van der Waals surface area contributed by atoms with Crippen molar-refractivity contribution in [3.05, 3.63) is 12.7 Å². The first kappa shape index (κ1) is 18.7. The molecule has 2 unspecified atom stereocenters. The van der Waals surface area contributed by atoms with Crippen LogP contribution in [0.25, 0.3) is 0 Å². The van der Waals surface area contributed by atoms with E-state index in [4.69, 9.17) is 5.11 Å². The molecular weight excluding hydrogens is 256 g/mol. The predicted octanol–water partition coefficient (Wildman–Crippen LogP) is 4.10. The molecule has 0 aliphatic carbocycles. The van der Waals surface area contributed by atoms with Crippen molar-refractivity contribution in [3.8, 4) is 0 Å². The molecule has 0 aliphatic rings. The number of rotatable bonds is 13. The summed E-state index contributed by atoms with van der Waals surface area (Å²) >= 11 is 0. The van der Waals surface area contributed by atoms with E-state index < -0.39 is 17.9 Å². The summed E-state index contributed by atoms with van der Waals surface area (Å²) in [5.74, 6) is -2.77. The van der Waals surface area contributed by atoms with Crippen LogP contribution < -0.4 is 0 Å². The molecule has 0 spiro atoms. The molecule has 0 aromatic heterocycles. The normalized spacial score (nSPS) is 13.7. The first-order chi connectivity index (χ1) is 9.52. The summed E-state index contributed by atoms with van der Waals surface area (Å²) in [5, 5.41) is 18.1. The third-order valence-corrected chi connectivity index (χ3v) is 3.67. The molecule has 0 rings (SSSR count). The van der Waals surface area contributed by atoms with Crippen LogP contribution in [0.4, 0.5) is 0 Å². The van der Waals surface area contributed by atoms with Gasteiger partial charge in [-0.05, 0) is 31.6 Å². The topological polar surface area (TPSA) is 74.6 Å². The number of carboxylic acids is 2. The highest BCUT2D eigenvalue weighted by Gasteiger charge is 2.29.